The van der Waals surface area contributed by atoms with Crippen molar-refractivity contribution in [2.45, 2.75) is 18.4 Å². The van der Waals surface area contributed by atoms with Crippen molar-refractivity contribution in [3.8, 4) is 0 Å². The standard InChI is InChI=1S/C9H12N2S2/c1-2-5-13-8-6-7(9(10)12)3-4-11-8/h3-4,6H,2,5H2,1H3,(H2,10,12). The maximum absolute atomic E-state index is 5.51. The molecule has 0 bridgehead atoms. The molecule has 13 heavy (non-hydrogen) atoms. The van der Waals surface area contributed by atoms with Gasteiger partial charge in [0.15, 0.2) is 0 Å². The van der Waals surface area contributed by atoms with Crippen molar-refractivity contribution in [2.75, 3.05) is 5.75 Å². The van der Waals surface area contributed by atoms with Crippen molar-refractivity contribution in [2.24, 2.45) is 5.73 Å². The zero-order chi connectivity index (χ0) is 9.68. The molecule has 1 aromatic rings. The SMILES string of the molecule is CCCSc1cc(C(N)=S)ccn1. The van der Waals surface area contributed by atoms with Crippen molar-refractivity contribution in [1.29, 1.82) is 0 Å². The highest BCUT2D eigenvalue weighted by Crippen LogP contribution is 2.16. The Labute approximate surface area is 87.9 Å². The van der Waals surface area contributed by atoms with Crippen LogP contribution >= 0.6 is 24.0 Å². The molecule has 0 aliphatic heterocycles. The highest BCUT2D eigenvalue weighted by Gasteiger charge is 1.99. The van der Waals surface area contributed by atoms with Crippen molar-refractivity contribution in [3.05, 3.63) is 23.9 Å². The van der Waals surface area contributed by atoms with Crippen LogP contribution in [0.5, 0.6) is 0 Å². The van der Waals surface area contributed by atoms with Crippen LogP contribution in [0.1, 0.15) is 18.9 Å². The molecule has 0 amide bonds. The van der Waals surface area contributed by atoms with Crippen molar-refractivity contribution in [3.63, 3.8) is 0 Å². The van der Waals surface area contributed by atoms with E-state index in [-0.39, 0.29) is 0 Å². The van der Waals surface area contributed by atoms with E-state index in [9.17, 15) is 0 Å². The summed E-state index contributed by atoms with van der Waals surface area (Å²) in [5.74, 6) is 1.08. The van der Waals surface area contributed by atoms with Crippen LogP contribution in [0.4, 0.5) is 0 Å². The molecule has 4 heteroatoms. The molecule has 0 spiro atoms. The largest absolute Gasteiger partial charge is 0.389 e. The molecular formula is C9H12N2S2. The lowest BCUT2D eigenvalue weighted by molar-refractivity contribution is 1.08. The lowest BCUT2D eigenvalue weighted by Crippen LogP contribution is -2.09. The van der Waals surface area contributed by atoms with Crippen LogP contribution in [0, 0.1) is 0 Å². The van der Waals surface area contributed by atoms with Crippen molar-refractivity contribution >= 4 is 29.0 Å². The lowest BCUT2D eigenvalue weighted by atomic mass is 10.3. The van der Waals surface area contributed by atoms with Gasteiger partial charge in [0.1, 0.15) is 4.99 Å². The van der Waals surface area contributed by atoms with Crippen LogP contribution in [0.3, 0.4) is 0 Å². The summed E-state index contributed by atoms with van der Waals surface area (Å²) in [5.41, 5.74) is 6.40. The molecule has 1 rings (SSSR count). The minimum Gasteiger partial charge on any atom is -0.389 e. The fraction of sp³-hybridized carbons (Fsp3) is 0.333. The number of thiocarbonyl (C=S) groups is 1. The molecule has 2 nitrogen and oxygen atoms in total. The lowest BCUT2D eigenvalue weighted by Gasteiger charge is -2.01. The number of hydrogen-bond donors (Lipinski definition) is 1. The van der Waals surface area contributed by atoms with Crippen molar-refractivity contribution in [1.82, 2.24) is 4.98 Å². The summed E-state index contributed by atoms with van der Waals surface area (Å²) in [7, 11) is 0. The molecule has 1 aromatic heterocycles. The second kappa shape index (κ2) is 5.19. The smallest absolute Gasteiger partial charge is 0.104 e. The summed E-state index contributed by atoms with van der Waals surface area (Å²) in [5, 5.41) is 0.993. The van der Waals surface area contributed by atoms with Crippen LogP contribution in [0.25, 0.3) is 0 Å². The molecule has 0 radical (unpaired) electrons. The monoisotopic (exact) mass is 212 g/mol. The average molecular weight is 212 g/mol. The van der Waals surface area contributed by atoms with Gasteiger partial charge in [-0.2, -0.15) is 0 Å². The maximum Gasteiger partial charge on any atom is 0.104 e. The van der Waals surface area contributed by atoms with Gasteiger partial charge in [-0.15, -0.1) is 11.8 Å². The molecule has 2 N–H and O–H groups in total. The van der Waals surface area contributed by atoms with Gasteiger partial charge < -0.3 is 5.73 Å². The van der Waals surface area contributed by atoms with E-state index in [1.807, 2.05) is 12.1 Å². The van der Waals surface area contributed by atoms with Gasteiger partial charge in [-0.1, -0.05) is 19.1 Å². The van der Waals surface area contributed by atoms with Crippen LogP contribution in [-0.4, -0.2) is 15.7 Å². The Morgan fingerprint density at radius 1 is 1.69 bits per heavy atom. The van der Waals surface area contributed by atoms with E-state index in [1.54, 1.807) is 18.0 Å². The summed E-state index contributed by atoms with van der Waals surface area (Å²) in [4.78, 5) is 4.64. The van der Waals surface area contributed by atoms with E-state index in [1.165, 1.54) is 0 Å². The third kappa shape index (κ3) is 3.32. The quantitative estimate of drug-likeness (QED) is 0.613. The second-order valence-electron chi connectivity index (χ2n) is 2.60. The van der Waals surface area contributed by atoms with E-state index < -0.39 is 0 Å². The van der Waals surface area contributed by atoms with Crippen molar-refractivity contribution < 1.29 is 0 Å². The highest BCUT2D eigenvalue weighted by molar-refractivity contribution is 7.99. The molecule has 0 aliphatic carbocycles. The van der Waals surface area contributed by atoms with Gasteiger partial charge in [0.25, 0.3) is 0 Å². The van der Waals surface area contributed by atoms with Gasteiger partial charge in [-0.3, -0.25) is 0 Å². The molecule has 1 heterocycles. The van der Waals surface area contributed by atoms with Gasteiger partial charge >= 0.3 is 0 Å². The molecule has 0 fully saturated rings. The Hall–Kier alpha value is -0.610. The van der Waals surface area contributed by atoms with Crippen LogP contribution < -0.4 is 5.73 Å². The van der Waals surface area contributed by atoms with Gasteiger partial charge in [-0.05, 0) is 24.3 Å². The Morgan fingerprint density at radius 2 is 2.46 bits per heavy atom. The maximum atomic E-state index is 5.51. The van der Waals surface area contributed by atoms with Crippen LogP contribution in [0.15, 0.2) is 23.4 Å². The molecule has 70 valence electrons. The summed E-state index contributed by atoms with van der Waals surface area (Å²) >= 11 is 6.60. The molecule has 0 saturated carbocycles. The first-order chi connectivity index (χ1) is 6.24. The Kier molecular flexibility index (Phi) is 4.18. The Balaban J connectivity index is 2.73. The predicted molar refractivity (Wildman–Crippen MR) is 61.1 cm³/mol. The Bertz CT molecular complexity index is 299. The third-order valence-electron chi connectivity index (χ3n) is 1.47. The molecular weight excluding hydrogens is 200 g/mol. The molecule has 0 aliphatic rings. The zero-order valence-corrected chi connectivity index (χ0v) is 9.12. The Morgan fingerprint density at radius 3 is 3.08 bits per heavy atom. The van der Waals surface area contributed by atoms with E-state index in [0.717, 1.165) is 22.8 Å². The first-order valence-electron chi connectivity index (χ1n) is 4.12. The first-order valence-corrected chi connectivity index (χ1v) is 5.52. The summed E-state index contributed by atoms with van der Waals surface area (Å²) in [6.45, 7) is 2.14. The molecule has 0 aromatic carbocycles. The van der Waals surface area contributed by atoms with Gasteiger partial charge in [-0.25, -0.2) is 4.98 Å². The average Bonchev–Trinajstić information content (AvgIpc) is 2.15. The minimum atomic E-state index is 0.431. The first kappa shape index (κ1) is 10.5. The summed E-state index contributed by atoms with van der Waals surface area (Å²) in [6.07, 6.45) is 2.89. The number of aromatic nitrogens is 1. The predicted octanol–water partition coefficient (Wildman–Crippen LogP) is 2.22. The fourth-order valence-electron chi connectivity index (χ4n) is 0.848. The molecule has 0 unspecified atom stereocenters. The van der Waals surface area contributed by atoms with Crippen LogP contribution in [0.2, 0.25) is 0 Å². The third-order valence-corrected chi connectivity index (χ3v) is 2.84. The molecule has 0 saturated heterocycles. The van der Waals surface area contributed by atoms with E-state index in [2.05, 4.69) is 11.9 Å². The van der Waals surface area contributed by atoms with E-state index in [4.69, 9.17) is 18.0 Å². The number of hydrogen-bond acceptors (Lipinski definition) is 3. The van der Waals surface area contributed by atoms with Gasteiger partial charge in [0.05, 0.1) is 5.03 Å². The minimum absolute atomic E-state index is 0.431. The number of rotatable bonds is 4. The van der Waals surface area contributed by atoms with E-state index in [0.29, 0.717) is 4.99 Å². The number of nitrogens with two attached hydrogens (primary N) is 1. The second-order valence-corrected chi connectivity index (χ2v) is 4.15. The highest BCUT2D eigenvalue weighted by atomic mass is 32.2. The topological polar surface area (TPSA) is 38.9 Å². The normalized spacial score (nSPS) is 9.92. The number of thioether (sulfide) groups is 1. The fourth-order valence-corrected chi connectivity index (χ4v) is 1.73. The number of nitrogens with zero attached hydrogens (tertiary/aromatic N) is 1. The van der Waals surface area contributed by atoms with Crippen LogP contribution in [-0.2, 0) is 0 Å². The van der Waals surface area contributed by atoms with E-state index >= 15 is 0 Å². The summed E-state index contributed by atoms with van der Waals surface area (Å²) in [6, 6.07) is 3.76. The van der Waals surface area contributed by atoms with Gasteiger partial charge in [0.2, 0.25) is 0 Å². The zero-order valence-electron chi connectivity index (χ0n) is 7.49. The van der Waals surface area contributed by atoms with Gasteiger partial charge in [0, 0.05) is 11.8 Å². The summed E-state index contributed by atoms with van der Waals surface area (Å²) < 4.78 is 0. The molecule has 0 atom stereocenters. The number of pyridine rings is 1.